The summed E-state index contributed by atoms with van der Waals surface area (Å²) in [5.74, 6) is 0.781. The van der Waals surface area contributed by atoms with Gasteiger partial charge >= 0.3 is 0 Å². The van der Waals surface area contributed by atoms with Gasteiger partial charge in [0.25, 0.3) is 0 Å². The number of hydrogen-bond acceptors (Lipinski definition) is 5. The predicted octanol–water partition coefficient (Wildman–Crippen LogP) is 2.49. The van der Waals surface area contributed by atoms with Crippen molar-refractivity contribution >= 4 is 10.0 Å². The van der Waals surface area contributed by atoms with Crippen LogP contribution in [-0.4, -0.2) is 53.2 Å². The number of rotatable bonds is 11. The second kappa shape index (κ2) is 9.86. The van der Waals surface area contributed by atoms with Gasteiger partial charge in [-0.1, -0.05) is 13.8 Å². The van der Waals surface area contributed by atoms with Crippen molar-refractivity contribution in [2.24, 2.45) is 0 Å². The number of hydrogen-bond donors (Lipinski definition) is 1. The third-order valence-corrected chi connectivity index (χ3v) is 5.63. The molecule has 24 heavy (non-hydrogen) atoms. The topological polar surface area (TPSA) is 67.9 Å². The Morgan fingerprint density at radius 1 is 1.17 bits per heavy atom. The largest absolute Gasteiger partial charge is 0.497 e. The zero-order chi connectivity index (χ0) is 18.2. The molecule has 138 valence electrons. The maximum absolute atomic E-state index is 12.6. The van der Waals surface area contributed by atoms with E-state index >= 15 is 0 Å². The van der Waals surface area contributed by atoms with Crippen LogP contribution in [0.3, 0.4) is 0 Å². The van der Waals surface area contributed by atoms with Crippen molar-refractivity contribution < 1.29 is 17.9 Å². The van der Waals surface area contributed by atoms with Crippen molar-refractivity contribution in [1.29, 1.82) is 0 Å². The fraction of sp³-hybridized carbons (Fsp3) is 0.647. The summed E-state index contributed by atoms with van der Waals surface area (Å²) in [7, 11) is -0.711. The Kier molecular flexibility index (Phi) is 8.52. The van der Waals surface area contributed by atoms with E-state index in [1.165, 1.54) is 20.3 Å². The van der Waals surface area contributed by atoms with Gasteiger partial charge in [-0.05, 0) is 51.5 Å². The summed E-state index contributed by atoms with van der Waals surface area (Å²) in [4.78, 5) is 2.42. The fourth-order valence-corrected chi connectivity index (χ4v) is 4.00. The molecule has 0 radical (unpaired) electrons. The second-order valence-electron chi connectivity index (χ2n) is 5.71. The van der Waals surface area contributed by atoms with Gasteiger partial charge in [0.15, 0.2) is 0 Å². The van der Waals surface area contributed by atoms with Crippen LogP contribution in [0.15, 0.2) is 23.1 Å². The monoisotopic (exact) mass is 358 g/mol. The number of nitrogens with zero attached hydrogens (tertiary/aromatic N) is 1. The number of nitrogens with one attached hydrogen (secondary N) is 1. The maximum atomic E-state index is 12.6. The normalized spacial score (nSPS) is 13.1. The zero-order valence-corrected chi connectivity index (χ0v) is 16.1. The molecular formula is C17H30N2O4S. The molecule has 1 aromatic carbocycles. The standard InChI is InChI=1S/C17H30N2O4S/c1-6-19(7-2)12-8-9-14(3)18-24(20,21)17-13-15(22-4)10-11-16(17)23-5/h10-11,13-14,18H,6-9,12H2,1-5H3. The number of methoxy groups -OCH3 is 2. The van der Waals surface area contributed by atoms with Gasteiger partial charge in [-0.2, -0.15) is 0 Å². The summed E-state index contributed by atoms with van der Waals surface area (Å²) in [6.45, 7) is 9.14. The zero-order valence-electron chi connectivity index (χ0n) is 15.3. The van der Waals surface area contributed by atoms with Gasteiger partial charge in [0.05, 0.1) is 14.2 Å². The third kappa shape index (κ3) is 5.96. The van der Waals surface area contributed by atoms with E-state index in [4.69, 9.17) is 9.47 Å². The highest BCUT2D eigenvalue weighted by molar-refractivity contribution is 7.89. The minimum atomic E-state index is -3.67. The summed E-state index contributed by atoms with van der Waals surface area (Å²) in [6, 6.07) is 4.59. The van der Waals surface area contributed by atoms with Gasteiger partial charge in [-0.25, -0.2) is 13.1 Å². The van der Waals surface area contributed by atoms with Crippen LogP contribution in [0.2, 0.25) is 0 Å². The number of sulfonamides is 1. The average Bonchev–Trinajstić information content (AvgIpc) is 2.57. The lowest BCUT2D eigenvalue weighted by Gasteiger charge is -2.20. The van der Waals surface area contributed by atoms with Crippen LogP contribution in [0.25, 0.3) is 0 Å². The summed E-state index contributed by atoms with van der Waals surface area (Å²) in [6.07, 6.45) is 1.72. The molecule has 1 unspecified atom stereocenters. The van der Waals surface area contributed by atoms with Crippen LogP contribution >= 0.6 is 0 Å². The first-order valence-corrected chi connectivity index (χ1v) is 9.82. The first-order chi connectivity index (χ1) is 11.4. The highest BCUT2D eigenvalue weighted by Crippen LogP contribution is 2.28. The molecule has 1 atom stereocenters. The van der Waals surface area contributed by atoms with Gasteiger partial charge in [0, 0.05) is 12.1 Å². The Labute approximate surface area is 146 Å². The molecule has 1 aromatic rings. The van der Waals surface area contributed by atoms with Crippen LogP contribution in [0.4, 0.5) is 0 Å². The summed E-state index contributed by atoms with van der Waals surface area (Å²) >= 11 is 0. The predicted molar refractivity (Wildman–Crippen MR) is 96.4 cm³/mol. The van der Waals surface area contributed by atoms with Crippen molar-refractivity contribution in [2.45, 2.75) is 44.6 Å². The van der Waals surface area contributed by atoms with Crippen LogP contribution < -0.4 is 14.2 Å². The molecule has 0 amide bonds. The van der Waals surface area contributed by atoms with Crippen molar-refractivity contribution in [3.8, 4) is 11.5 Å². The number of benzene rings is 1. The van der Waals surface area contributed by atoms with Gasteiger partial charge in [0.2, 0.25) is 10.0 Å². The maximum Gasteiger partial charge on any atom is 0.244 e. The minimum Gasteiger partial charge on any atom is -0.497 e. The molecule has 0 aliphatic rings. The molecule has 0 aliphatic carbocycles. The van der Waals surface area contributed by atoms with E-state index in [0.717, 1.165) is 32.5 Å². The highest BCUT2D eigenvalue weighted by Gasteiger charge is 2.22. The molecule has 1 rings (SSSR count). The highest BCUT2D eigenvalue weighted by atomic mass is 32.2. The molecular weight excluding hydrogens is 328 g/mol. The SMILES string of the molecule is CCN(CC)CCCC(C)NS(=O)(=O)c1cc(OC)ccc1OC. The first kappa shape index (κ1) is 20.7. The minimum absolute atomic E-state index is 0.0972. The summed E-state index contributed by atoms with van der Waals surface area (Å²) in [5.41, 5.74) is 0. The van der Waals surface area contributed by atoms with E-state index in [-0.39, 0.29) is 10.9 Å². The molecule has 0 spiro atoms. The van der Waals surface area contributed by atoms with E-state index in [1.54, 1.807) is 12.1 Å². The van der Waals surface area contributed by atoms with Gasteiger partial charge < -0.3 is 14.4 Å². The van der Waals surface area contributed by atoms with E-state index in [2.05, 4.69) is 23.5 Å². The van der Waals surface area contributed by atoms with Crippen molar-refractivity contribution in [3.63, 3.8) is 0 Å². The van der Waals surface area contributed by atoms with Gasteiger partial charge in [0.1, 0.15) is 16.4 Å². The van der Waals surface area contributed by atoms with Crippen LogP contribution in [0, 0.1) is 0 Å². The molecule has 1 N–H and O–H groups in total. The van der Waals surface area contributed by atoms with E-state index in [9.17, 15) is 8.42 Å². The smallest absolute Gasteiger partial charge is 0.244 e. The van der Waals surface area contributed by atoms with E-state index in [1.807, 2.05) is 6.92 Å². The first-order valence-electron chi connectivity index (χ1n) is 8.34. The molecule has 6 nitrogen and oxygen atoms in total. The molecule has 0 saturated heterocycles. The summed E-state index contributed by atoms with van der Waals surface area (Å²) in [5, 5.41) is 0. The average molecular weight is 359 g/mol. The van der Waals surface area contributed by atoms with Crippen molar-refractivity contribution in [1.82, 2.24) is 9.62 Å². The lowest BCUT2D eigenvalue weighted by atomic mass is 10.2. The van der Waals surface area contributed by atoms with Gasteiger partial charge in [-0.15, -0.1) is 0 Å². The molecule has 0 aliphatic heterocycles. The third-order valence-electron chi connectivity index (χ3n) is 4.02. The Morgan fingerprint density at radius 2 is 1.83 bits per heavy atom. The molecule has 0 saturated carbocycles. The lowest BCUT2D eigenvalue weighted by molar-refractivity contribution is 0.293. The summed E-state index contributed by atoms with van der Waals surface area (Å²) < 4.78 is 38.3. The quantitative estimate of drug-likeness (QED) is 0.658. The van der Waals surface area contributed by atoms with E-state index in [0.29, 0.717) is 11.5 Å². The van der Waals surface area contributed by atoms with Crippen LogP contribution in [-0.2, 0) is 10.0 Å². The van der Waals surface area contributed by atoms with Crippen molar-refractivity contribution in [3.05, 3.63) is 18.2 Å². The number of ether oxygens (including phenoxy) is 2. The molecule has 0 heterocycles. The lowest BCUT2D eigenvalue weighted by Crippen LogP contribution is -2.34. The molecule has 7 heteroatoms. The van der Waals surface area contributed by atoms with Gasteiger partial charge in [-0.3, -0.25) is 0 Å². The second-order valence-corrected chi connectivity index (χ2v) is 7.39. The fourth-order valence-electron chi connectivity index (χ4n) is 2.54. The van der Waals surface area contributed by atoms with Crippen molar-refractivity contribution in [2.75, 3.05) is 33.9 Å². The van der Waals surface area contributed by atoms with Crippen LogP contribution in [0.5, 0.6) is 11.5 Å². The molecule has 0 aromatic heterocycles. The van der Waals surface area contributed by atoms with E-state index < -0.39 is 10.0 Å². The Hall–Kier alpha value is -1.31. The van der Waals surface area contributed by atoms with Crippen LogP contribution in [0.1, 0.15) is 33.6 Å². The molecule has 0 bridgehead atoms. The Morgan fingerprint density at radius 3 is 2.38 bits per heavy atom. The molecule has 0 fully saturated rings. The Bertz CT molecular complexity index is 601. The Balaban J connectivity index is 2.75.